The van der Waals surface area contributed by atoms with Crippen LogP contribution in [-0.2, 0) is 4.74 Å². The van der Waals surface area contributed by atoms with E-state index in [4.69, 9.17) is 4.74 Å². The maximum atomic E-state index is 12.9. The van der Waals surface area contributed by atoms with Crippen LogP contribution in [0.1, 0.15) is 37.2 Å². The summed E-state index contributed by atoms with van der Waals surface area (Å²) in [6, 6.07) is 7.00. The molecule has 1 nitrogen and oxygen atoms in total. The van der Waals surface area contributed by atoms with Crippen LogP contribution in [0.2, 0.25) is 0 Å². The lowest BCUT2D eigenvalue weighted by atomic mass is 9.78. The van der Waals surface area contributed by atoms with Gasteiger partial charge in [-0.15, -0.1) is 0 Å². The Labute approximate surface area is 109 Å². The minimum Gasteiger partial charge on any atom is -0.381 e. The van der Waals surface area contributed by atoms with Gasteiger partial charge >= 0.3 is 0 Å². The summed E-state index contributed by atoms with van der Waals surface area (Å²) in [6.07, 6.45) is 9.25. The fourth-order valence-electron chi connectivity index (χ4n) is 2.72. The van der Waals surface area contributed by atoms with Crippen molar-refractivity contribution in [2.75, 3.05) is 13.7 Å². The van der Waals surface area contributed by atoms with Crippen LogP contribution in [0.5, 0.6) is 0 Å². The molecule has 0 aliphatic heterocycles. The average Bonchev–Trinajstić information content (AvgIpc) is 2.41. The molecule has 0 unspecified atom stereocenters. The van der Waals surface area contributed by atoms with E-state index in [1.54, 1.807) is 19.2 Å². The van der Waals surface area contributed by atoms with Crippen LogP contribution >= 0.6 is 0 Å². The molecule has 0 amide bonds. The van der Waals surface area contributed by atoms with Crippen LogP contribution in [0, 0.1) is 11.7 Å². The molecule has 2 heteroatoms. The number of benzene rings is 1. The molecule has 1 saturated carbocycles. The van der Waals surface area contributed by atoms with Crippen molar-refractivity contribution in [1.82, 2.24) is 0 Å². The van der Waals surface area contributed by atoms with Crippen molar-refractivity contribution < 1.29 is 9.13 Å². The monoisotopic (exact) mass is 248 g/mol. The normalized spacial score (nSPS) is 24.6. The second-order valence-corrected chi connectivity index (χ2v) is 5.05. The molecule has 2 rings (SSSR count). The molecule has 1 fully saturated rings. The first-order valence-corrected chi connectivity index (χ1v) is 6.70. The first-order chi connectivity index (χ1) is 8.79. The van der Waals surface area contributed by atoms with Gasteiger partial charge in [0.25, 0.3) is 0 Å². The fourth-order valence-corrected chi connectivity index (χ4v) is 2.72. The van der Waals surface area contributed by atoms with Crippen molar-refractivity contribution in [2.24, 2.45) is 5.92 Å². The zero-order valence-electron chi connectivity index (χ0n) is 10.9. The number of rotatable bonds is 4. The highest BCUT2D eigenvalue weighted by atomic mass is 19.1. The molecule has 0 radical (unpaired) electrons. The smallest absolute Gasteiger partial charge is 0.123 e. The molecule has 18 heavy (non-hydrogen) atoms. The van der Waals surface area contributed by atoms with E-state index in [9.17, 15) is 4.39 Å². The second-order valence-electron chi connectivity index (χ2n) is 5.05. The molecular formula is C16H21FO. The van der Waals surface area contributed by atoms with E-state index in [0.717, 1.165) is 0 Å². The number of ether oxygens (including phenoxy) is 1. The van der Waals surface area contributed by atoms with Gasteiger partial charge in [-0.25, -0.2) is 4.39 Å². The van der Waals surface area contributed by atoms with Crippen LogP contribution < -0.4 is 0 Å². The van der Waals surface area contributed by atoms with Gasteiger partial charge in [0.2, 0.25) is 0 Å². The van der Waals surface area contributed by atoms with Gasteiger partial charge in [-0.2, -0.15) is 0 Å². The maximum Gasteiger partial charge on any atom is 0.123 e. The highest BCUT2D eigenvalue weighted by Crippen LogP contribution is 2.36. The van der Waals surface area contributed by atoms with Crippen molar-refractivity contribution in [3.8, 4) is 0 Å². The summed E-state index contributed by atoms with van der Waals surface area (Å²) in [5.41, 5.74) is 1.29. The van der Waals surface area contributed by atoms with Gasteiger partial charge in [-0.1, -0.05) is 24.3 Å². The molecule has 1 aliphatic carbocycles. The lowest BCUT2D eigenvalue weighted by Crippen LogP contribution is -2.11. The van der Waals surface area contributed by atoms with Crippen molar-refractivity contribution in [2.45, 2.75) is 31.6 Å². The first-order valence-electron chi connectivity index (χ1n) is 6.70. The van der Waals surface area contributed by atoms with E-state index >= 15 is 0 Å². The molecule has 98 valence electrons. The molecule has 1 aromatic rings. The third-order valence-electron chi connectivity index (χ3n) is 3.78. The van der Waals surface area contributed by atoms with Crippen molar-refractivity contribution in [3.05, 3.63) is 47.8 Å². The topological polar surface area (TPSA) is 9.23 Å². The molecule has 0 bridgehead atoms. The van der Waals surface area contributed by atoms with Crippen molar-refractivity contribution >= 4 is 0 Å². The summed E-state index contributed by atoms with van der Waals surface area (Å²) in [4.78, 5) is 0. The van der Waals surface area contributed by atoms with Gasteiger partial charge in [0.15, 0.2) is 0 Å². The van der Waals surface area contributed by atoms with E-state index < -0.39 is 0 Å². The molecular weight excluding hydrogens is 227 g/mol. The second kappa shape index (κ2) is 6.69. The van der Waals surface area contributed by atoms with Crippen molar-refractivity contribution in [1.29, 1.82) is 0 Å². The fraction of sp³-hybridized carbons (Fsp3) is 0.500. The number of hydrogen-bond donors (Lipinski definition) is 0. The largest absolute Gasteiger partial charge is 0.381 e. The predicted octanol–water partition coefficient (Wildman–Crippen LogP) is 4.30. The Balaban J connectivity index is 1.84. The highest BCUT2D eigenvalue weighted by Gasteiger charge is 2.20. The van der Waals surface area contributed by atoms with E-state index in [-0.39, 0.29) is 5.82 Å². The Bertz CT molecular complexity index is 375. The standard InChI is InChI=1S/C16H21FO/c1-18-12-2-3-13-4-6-14(7-5-13)15-8-10-16(17)11-9-15/h2-3,8-11,13-14H,4-7,12H2,1H3/b3-2+/t13-,14-. The van der Waals surface area contributed by atoms with Crippen LogP contribution in [0.15, 0.2) is 36.4 Å². The maximum absolute atomic E-state index is 12.9. The van der Waals surface area contributed by atoms with E-state index in [0.29, 0.717) is 18.4 Å². The molecule has 1 aromatic carbocycles. The predicted molar refractivity (Wildman–Crippen MR) is 72.1 cm³/mol. The zero-order valence-corrected chi connectivity index (χ0v) is 10.9. The quantitative estimate of drug-likeness (QED) is 0.722. The van der Waals surface area contributed by atoms with Crippen LogP contribution in [0.4, 0.5) is 4.39 Å². The molecule has 1 aliphatic rings. The van der Waals surface area contributed by atoms with E-state index in [2.05, 4.69) is 12.2 Å². The summed E-state index contributed by atoms with van der Waals surface area (Å²) in [5, 5.41) is 0. The SMILES string of the molecule is COC/C=C/[C@H]1CC[C@H](c2ccc(F)cc2)CC1. The van der Waals surface area contributed by atoms with Gasteiger partial charge in [-0.05, 0) is 55.2 Å². The number of allylic oxidation sites excluding steroid dienone is 1. The van der Waals surface area contributed by atoms with Crippen LogP contribution in [0.25, 0.3) is 0 Å². The van der Waals surface area contributed by atoms with E-state index in [1.807, 2.05) is 12.1 Å². The third-order valence-corrected chi connectivity index (χ3v) is 3.78. The van der Waals surface area contributed by atoms with Gasteiger partial charge in [0.1, 0.15) is 5.82 Å². The highest BCUT2D eigenvalue weighted by molar-refractivity contribution is 5.21. The van der Waals surface area contributed by atoms with E-state index in [1.165, 1.54) is 31.2 Å². The Hall–Kier alpha value is -1.15. The first kappa shape index (κ1) is 13.3. The number of methoxy groups -OCH3 is 1. The summed E-state index contributed by atoms with van der Waals surface area (Å²) >= 11 is 0. The van der Waals surface area contributed by atoms with Crippen molar-refractivity contribution in [3.63, 3.8) is 0 Å². The summed E-state index contributed by atoms with van der Waals surface area (Å²) in [7, 11) is 1.72. The summed E-state index contributed by atoms with van der Waals surface area (Å²) in [5.74, 6) is 1.16. The Morgan fingerprint density at radius 3 is 2.44 bits per heavy atom. The number of hydrogen-bond acceptors (Lipinski definition) is 1. The lowest BCUT2D eigenvalue weighted by molar-refractivity contribution is 0.233. The number of halogens is 1. The lowest BCUT2D eigenvalue weighted by Gasteiger charge is -2.27. The summed E-state index contributed by atoms with van der Waals surface area (Å²) < 4.78 is 17.9. The average molecular weight is 248 g/mol. The van der Waals surface area contributed by atoms with Crippen LogP contribution in [-0.4, -0.2) is 13.7 Å². The Morgan fingerprint density at radius 1 is 1.17 bits per heavy atom. The Morgan fingerprint density at radius 2 is 1.83 bits per heavy atom. The van der Waals surface area contributed by atoms with Gasteiger partial charge in [-0.3, -0.25) is 0 Å². The molecule has 0 atom stereocenters. The zero-order chi connectivity index (χ0) is 12.8. The molecule has 0 N–H and O–H groups in total. The Kier molecular flexibility index (Phi) is 4.94. The molecule has 0 heterocycles. The minimum atomic E-state index is -0.144. The van der Waals surface area contributed by atoms with Gasteiger partial charge in [0, 0.05) is 7.11 Å². The summed E-state index contributed by atoms with van der Waals surface area (Å²) in [6.45, 7) is 0.706. The van der Waals surface area contributed by atoms with Crippen LogP contribution in [0.3, 0.4) is 0 Å². The molecule has 0 saturated heterocycles. The minimum absolute atomic E-state index is 0.144. The molecule has 0 aromatic heterocycles. The third kappa shape index (κ3) is 3.67. The molecule has 0 spiro atoms. The van der Waals surface area contributed by atoms with Gasteiger partial charge in [0.05, 0.1) is 6.61 Å². The van der Waals surface area contributed by atoms with Gasteiger partial charge < -0.3 is 4.74 Å².